The Bertz CT molecular complexity index is 1100. The molecule has 1 aliphatic carbocycles. The van der Waals surface area contributed by atoms with E-state index < -0.39 is 32.1 Å². The number of alkyl halides is 3. The molecule has 1 heterocycles. The highest BCUT2D eigenvalue weighted by Gasteiger charge is 2.50. The summed E-state index contributed by atoms with van der Waals surface area (Å²) >= 11 is 0. The van der Waals surface area contributed by atoms with E-state index in [9.17, 15) is 31.7 Å². The molecule has 9 nitrogen and oxygen atoms in total. The third kappa shape index (κ3) is 5.03. The summed E-state index contributed by atoms with van der Waals surface area (Å²) in [5.74, 6) is -1.03. The molecule has 1 aromatic heterocycles. The Morgan fingerprint density at radius 2 is 1.78 bits per heavy atom. The maximum atomic E-state index is 12.8. The number of halogens is 3. The van der Waals surface area contributed by atoms with Crippen molar-refractivity contribution in [3.63, 3.8) is 0 Å². The van der Waals surface area contributed by atoms with Crippen LogP contribution < -0.4 is 13.7 Å². The molecule has 3 rings (SSSR count). The van der Waals surface area contributed by atoms with Gasteiger partial charge in [0.25, 0.3) is 0 Å². The van der Waals surface area contributed by atoms with Crippen LogP contribution in [0, 0.1) is 10.1 Å². The molecule has 32 heavy (non-hydrogen) atoms. The van der Waals surface area contributed by atoms with Gasteiger partial charge in [0.05, 0.1) is 17.7 Å². The van der Waals surface area contributed by atoms with Gasteiger partial charge in [-0.05, 0) is 43.4 Å². The molecule has 0 unspecified atom stereocenters. The zero-order valence-electron chi connectivity index (χ0n) is 16.8. The first-order chi connectivity index (χ1) is 15.0. The highest BCUT2D eigenvalue weighted by atomic mass is 32.2. The average Bonchev–Trinajstić information content (AvgIpc) is 2.96. The second kappa shape index (κ2) is 9.18. The van der Waals surface area contributed by atoms with Crippen LogP contribution in [0.4, 0.5) is 18.9 Å². The maximum Gasteiger partial charge on any atom is 0.534 e. The summed E-state index contributed by atoms with van der Waals surface area (Å²) in [6, 6.07) is 6.58. The van der Waals surface area contributed by atoms with Gasteiger partial charge in [0.2, 0.25) is 5.75 Å². The van der Waals surface area contributed by atoms with Gasteiger partial charge in [-0.3, -0.25) is 10.1 Å². The number of aryl methyl sites for hydroxylation is 1. The Balaban J connectivity index is 2.08. The monoisotopic (exact) mass is 476 g/mol. The van der Waals surface area contributed by atoms with E-state index in [1.165, 1.54) is 7.11 Å². The van der Waals surface area contributed by atoms with Crippen LogP contribution in [0.25, 0.3) is 0 Å². The fourth-order valence-corrected chi connectivity index (χ4v) is 3.67. The van der Waals surface area contributed by atoms with E-state index in [4.69, 9.17) is 9.47 Å². The van der Waals surface area contributed by atoms with Crippen molar-refractivity contribution in [1.29, 1.82) is 0 Å². The van der Waals surface area contributed by atoms with Gasteiger partial charge in [-0.15, -0.1) is 0 Å². The molecule has 0 saturated carbocycles. The normalized spacial score (nSPS) is 14.2. The molecule has 0 N–H and O–H groups in total. The van der Waals surface area contributed by atoms with Gasteiger partial charge in [-0.25, -0.2) is 4.98 Å². The third-order valence-electron chi connectivity index (χ3n) is 4.81. The quantitative estimate of drug-likeness (QED) is 0.193. The Kier molecular flexibility index (Phi) is 6.77. The molecule has 174 valence electrons. The molecule has 0 spiro atoms. The molecule has 0 fully saturated rings. The predicted octanol–water partition coefficient (Wildman–Crippen LogP) is 4.07. The van der Waals surface area contributed by atoms with Crippen LogP contribution >= 0.6 is 0 Å². The van der Waals surface area contributed by atoms with Crippen LogP contribution in [0.3, 0.4) is 0 Å². The first-order valence-corrected chi connectivity index (χ1v) is 10.9. The van der Waals surface area contributed by atoms with Crippen molar-refractivity contribution in [3.8, 4) is 17.4 Å². The second-order valence-electron chi connectivity index (χ2n) is 6.96. The number of pyridine rings is 1. The van der Waals surface area contributed by atoms with Gasteiger partial charge >= 0.3 is 27.2 Å². The summed E-state index contributed by atoms with van der Waals surface area (Å²) in [5.41, 5.74) is -5.67. The van der Waals surface area contributed by atoms with Crippen molar-refractivity contribution in [2.24, 2.45) is 0 Å². The van der Waals surface area contributed by atoms with E-state index in [0.717, 1.165) is 6.42 Å². The molecule has 1 aromatic carbocycles. The number of fused-ring (bicyclic) bond motifs is 1. The van der Waals surface area contributed by atoms with Crippen LogP contribution in [0.15, 0.2) is 24.3 Å². The molecule has 1 aliphatic rings. The third-order valence-corrected chi connectivity index (χ3v) is 5.76. The predicted molar refractivity (Wildman–Crippen MR) is 105 cm³/mol. The van der Waals surface area contributed by atoms with E-state index in [0.29, 0.717) is 36.1 Å². The Morgan fingerprint density at radius 3 is 2.38 bits per heavy atom. The lowest BCUT2D eigenvalue weighted by atomic mass is 10.1. The van der Waals surface area contributed by atoms with Crippen molar-refractivity contribution in [3.05, 3.63) is 51.2 Å². The largest absolute Gasteiger partial charge is 0.534 e. The first-order valence-electron chi connectivity index (χ1n) is 9.50. The molecule has 13 heteroatoms. The number of ether oxygens (including phenoxy) is 2. The van der Waals surface area contributed by atoms with Gasteiger partial charge in [-0.1, -0.05) is 18.6 Å². The Morgan fingerprint density at radius 1 is 1.12 bits per heavy atom. The lowest BCUT2D eigenvalue weighted by Gasteiger charge is -2.16. The number of aromatic nitrogens is 1. The Labute approximate surface area is 181 Å². The molecule has 0 atom stereocenters. The summed E-state index contributed by atoms with van der Waals surface area (Å²) in [7, 11) is -4.69. The number of nitrogens with zero attached hydrogens (tertiary/aromatic N) is 2. The highest BCUT2D eigenvalue weighted by molar-refractivity contribution is 7.88. The minimum Gasteiger partial charge on any atom is -0.497 e. The van der Waals surface area contributed by atoms with Crippen molar-refractivity contribution >= 4 is 15.8 Å². The highest BCUT2D eigenvalue weighted by Crippen LogP contribution is 2.43. The Hall–Kier alpha value is -3.09. The lowest BCUT2D eigenvalue weighted by molar-refractivity contribution is -0.387. The van der Waals surface area contributed by atoms with Crippen LogP contribution in [-0.2, 0) is 29.6 Å². The molecule has 0 saturated heterocycles. The van der Waals surface area contributed by atoms with Gasteiger partial charge < -0.3 is 13.7 Å². The number of hydrogen-bond acceptors (Lipinski definition) is 8. The van der Waals surface area contributed by atoms with Crippen LogP contribution in [0.1, 0.15) is 36.1 Å². The van der Waals surface area contributed by atoms with Crippen LogP contribution in [0.2, 0.25) is 0 Å². The molecule has 0 amide bonds. The summed E-state index contributed by atoms with van der Waals surface area (Å²) in [6.07, 6.45) is 2.67. The minimum atomic E-state index is -6.17. The van der Waals surface area contributed by atoms with Crippen LogP contribution in [-0.4, -0.2) is 30.9 Å². The fraction of sp³-hybridized carbons (Fsp3) is 0.421. The van der Waals surface area contributed by atoms with E-state index >= 15 is 0 Å². The SMILES string of the molecule is COc1ccc(COc2c3c(nc(OS(=O)(=O)C(F)(F)F)c2[N+](=O)[O-])CCCCC3)cc1. The number of nitro groups is 1. The zero-order valence-corrected chi connectivity index (χ0v) is 17.7. The zero-order chi connectivity index (χ0) is 23.5. The van der Waals surface area contributed by atoms with Crippen molar-refractivity contribution in [2.45, 2.75) is 44.2 Å². The van der Waals surface area contributed by atoms with E-state index in [1.54, 1.807) is 24.3 Å². The van der Waals surface area contributed by atoms with Crippen molar-refractivity contribution < 1.29 is 40.2 Å². The number of rotatable bonds is 7. The second-order valence-corrected chi connectivity index (χ2v) is 8.50. The van der Waals surface area contributed by atoms with Gasteiger partial charge in [-0.2, -0.15) is 21.6 Å². The molecular formula is C19H19F3N2O7S. The molecule has 0 aliphatic heterocycles. The molecule has 0 radical (unpaired) electrons. The summed E-state index contributed by atoms with van der Waals surface area (Å²) in [6.45, 7) is -0.160. The van der Waals surface area contributed by atoms with E-state index in [2.05, 4.69) is 9.17 Å². The topological polar surface area (TPSA) is 118 Å². The maximum absolute atomic E-state index is 12.8. The molecule has 2 aromatic rings. The standard InChI is InChI=1S/C19H19F3N2O7S/c1-29-13-9-7-12(8-10-13)11-30-17-14-5-3-2-4-6-15(14)23-18(16(17)24(25)26)31-32(27,28)19(20,21)22/h7-10H,2-6,11H2,1H3. The lowest BCUT2D eigenvalue weighted by Crippen LogP contribution is -2.29. The molecule has 0 bridgehead atoms. The number of methoxy groups -OCH3 is 1. The first kappa shape index (κ1) is 23.6. The van der Waals surface area contributed by atoms with Crippen molar-refractivity contribution in [2.75, 3.05) is 7.11 Å². The summed E-state index contributed by atoms with van der Waals surface area (Å²) < 4.78 is 76.4. The smallest absolute Gasteiger partial charge is 0.497 e. The average molecular weight is 476 g/mol. The minimum absolute atomic E-state index is 0.160. The van der Waals surface area contributed by atoms with Gasteiger partial charge in [0, 0.05) is 5.56 Å². The van der Waals surface area contributed by atoms with E-state index in [1.807, 2.05) is 0 Å². The number of benzene rings is 1. The van der Waals surface area contributed by atoms with Gasteiger partial charge in [0.15, 0.2) is 0 Å². The summed E-state index contributed by atoms with van der Waals surface area (Å²) in [4.78, 5) is 14.5. The molecular weight excluding hydrogens is 457 g/mol. The van der Waals surface area contributed by atoms with E-state index in [-0.39, 0.29) is 24.5 Å². The number of hydrogen-bond donors (Lipinski definition) is 0. The summed E-state index contributed by atoms with van der Waals surface area (Å²) in [5, 5.41) is 11.8. The van der Waals surface area contributed by atoms with Crippen LogP contribution in [0.5, 0.6) is 17.4 Å². The van der Waals surface area contributed by atoms with Gasteiger partial charge in [0.1, 0.15) is 12.4 Å². The fourth-order valence-electron chi connectivity index (χ4n) is 3.25. The van der Waals surface area contributed by atoms with Crippen molar-refractivity contribution in [1.82, 2.24) is 4.98 Å².